The molecular weight excluding hydrogens is 432 g/mol. The third kappa shape index (κ3) is 5.76. The number of anilines is 1. The highest BCUT2D eigenvalue weighted by molar-refractivity contribution is 6.37. The van der Waals surface area contributed by atoms with Gasteiger partial charge in [0.25, 0.3) is 0 Å². The molecule has 0 fully saturated rings. The molecule has 0 unspecified atom stereocenters. The molecule has 0 aliphatic heterocycles. The van der Waals surface area contributed by atoms with Crippen LogP contribution >= 0.6 is 0 Å². The van der Waals surface area contributed by atoms with Crippen LogP contribution < -0.4 is 22.2 Å². The second kappa shape index (κ2) is 10.6. The van der Waals surface area contributed by atoms with Crippen LogP contribution in [0.5, 0.6) is 0 Å². The van der Waals surface area contributed by atoms with Gasteiger partial charge in [0.15, 0.2) is 5.78 Å². The maximum absolute atomic E-state index is 13.3. The number of rotatable bonds is 9. The maximum Gasteiger partial charge on any atom is 0.224 e. The van der Waals surface area contributed by atoms with Gasteiger partial charge in [-0.1, -0.05) is 43.3 Å². The van der Waals surface area contributed by atoms with Crippen LogP contribution in [0.25, 0.3) is 5.57 Å². The molecule has 0 heterocycles. The van der Waals surface area contributed by atoms with E-state index in [-0.39, 0.29) is 41.4 Å². The van der Waals surface area contributed by atoms with Crippen molar-refractivity contribution in [2.24, 2.45) is 5.73 Å². The minimum Gasteiger partial charge on any atom is -0.399 e. The molecule has 2 aromatic carbocycles. The summed E-state index contributed by atoms with van der Waals surface area (Å²) in [5.74, 6) is -1.24. The normalized spacial score (nSPS) is 13.7. The molecule has 34 heavy (non-hydrogen) atoms. The van der Waals surface area contributed by atoms with E-state index in [9.17, 15) is 14.4 Å². The summed E-state index contributed by atoms with van der Waals surface area (Å²) in [6.45, 7) is 2.72. The Morgan fingerprint density at radius 1 is 1.12 bits per heavy atom. The molecular formula is C25H28N6O3. The molecule has 1 aliphatic rings. The highest BCUT2D eigenvalue weighted by Gasteiger charge is 2.31. The van der Waals surface area contributed by atoms with E-state index in [4.69, 9.17) is 16.9 Å². The van der Waals surface area contributed by atoms with E-state index >= 15 is 0 Å². The number of amidine groups is 1. The number of benzene rings is 2. The van der Waals surface area contributed by atoms with Gasteiger partial charge in [0.2, 0.25) is 11.7 Å². The standard InChI is InChI=1S/C25H28N6O3/c1-3-31(2)30-20-13-21(32)23(17-5-4-6-18(26)11-17)19(24(20)34)12-22(33)29-14-15-7-9-16(10-8-15)25(27)28/h4-11,13,30H,3,12,14,26H2,1-2H3,(H3,27,28)(H,29,33). The molecule has 7 N–H and O–H groups in total. The fourth-order valence-electron chi connectivity index (χ4n) is 3.47. The second-order valence-corrected chi connectivity index (χ2v) is 7.92. The number of carbonyl (C=O) groups excluding carboxylic acids is 3. The van der Waals surface area contributed by atoms with Crippen molar-refractivity contribution in [3.63, 3.8) is 0 Å². The minimum atomic E-state index is -0.418. The van der Waals surface area contributed by atoms with Gasteiger partial charge < -0.3 is 22.2 Å². The molecule has 2 aromatic rings. The zero-order valence-corrected chi connectivity index (χ0v) is 19.1. The number of hydrazine groups is 1. The van der Waals surface area contributed by atoms with Gasteiger partial charge in [-0.05, 0) is 23.3 Å². The molecule has 0 bridgehead atoms. The van der Waals surface area contributed by atoms with Crippen molar-refractivity contribution >= 4 is 34.6 Å². The molecule has 0 saturated heterocycles. The van der Waals surface area contributed by atoms with E-state index in [1.165, 1.54) is 6.08 Å². The molecule has 1 aliphatic carbocycles. The van der Waals surface area contributed by atoms with Crippen molar-refractivity contribution in [1.82, 2.24) is 15.8 Å². The van der Waals surface area contributed by atoms with Crippen LogP contribution in [0, 0.1) is 5.41 Å². The SMILES string of the molecule is CCN(C)NC1=CC(=O)C(c2cccc(N)c2)=C(CC(=O)NCc2ccc(C(=N)N)cc2)C1=O. The Balaban J connectivity index is 1.85. The van der Waals surface area contributed by atoms with Gasteiger partial charge in [-0.15, -0.1) is 0 Å². The van der Waals surface area contributed by atoms with Crippen LogP contribution in [0.3, 0.4) is 0 Å². The first-order valence-electron chi connectivity index (χ1n) is 10.8. The van der Waals surface area contributed by atoms with E-state index < -0.39 is 11.7 Å². The first-order valence-corrected chi connectivity index (χ1v) is 10.8. The summed E-state index contributed by atoms with van der Waals surface area (Å²) in [4.78, 5) is 39.1. The number of allylic oxidation sites excluding steroid dienone is 3. The van der Waals surface area contributed by atoms with Crippen LogP contribution in [0.4, 0.5) is 5.69 Å². The molecule has 3 rings (SSSR count). The van der Waals surface area contributed by atoms with E-state index in [0.717, 1.165) is 5.56 Å². The number of hydrogen-bond donors (Lipinski definition) is 5. The summed E-state index contributed by atoms with van der Waals surface area (Å²) < 4.78 is 0. The quantitative estimate of drug-likeness (QED) is 0.125. The number of nitrogens with two attached hydrogens (primary N) is 2. The summed E-state index contributed by atoms with van der Waals surface area (Å²) in [6.07, 6.45) is 0.986. The van der Waals surface area contributed by atoms with Crippen molar-refractivity contribution in [2.75, 3.05) is 19.3 Å². The number of Topliss-reactive ketones (excluding diaryl/α,β-unsaturated/α-hetero) is 1. The van der Waals surface area contributed by atoms with E-state index in [2.05, 4.69) is 10.7 Å². The average Bonchev–Trinajstić information content (AvgIpc) is 2.81. The van der Waals surface area contributed by atoms with Crippen LogP contribution in [0.1, 0.15) is 30.0 Å². The van der Waals surface area contributed by atoms with Gasteiger partial charge in [0, 0.05) is 48.6 Å². The lowest BCUT2D eigenvalue weighted by Gasteiger charge is -2.24. The number of nitrogen functional groups attached to an aromatic ring is 2. The monoisotopic (exact) mass is 460 g/mol. The number of carbonyl (C=O) groups is 3. The van der Waals surface area contributed by atoms with Gasteiger partial charge in [-0.2, -0.15) is 0 Å². The van der Waals surface area contributed by atoms with E-state index in [1.807, 2.05) is 6.92 Å². The molecule has 9 heteroatoms. The third-order valence-corrected chi connectivity index (χ3v) is 5.40. The summed E-state index contributed by atoms with van der Waals surface area (Å²) in [7, 11) is 1.75. The lowest BCUT2D eigenvalue weighted by atomic mass is 9.86. The molecule has 0 atom stereocenters. The Kier molecular flexibility index (Phi) is 7.60. The zero-order valence-electron chi connectivity index (χ0n) is 19.1. The number of nitrogens with zero attached hydrogens (tertiary/aromatic N) is 1. The Bertz CT molecular complexity index is 1200. The second-order valence-electron chi connectivity index (χ2n) is 7.92. The molecule has 0 spiro atoms. The van der Waals surface area contributed by atoms with Crippen molar-refractivity contribution in [2.45, 2.75) is 19.9 Å². The summed E-state index contributed by atoms with van der Waals surface area (Å²) in [5, 5.41) is 11.9. The van der Waals surface area contributed by atoms with E-state index in [0.29, 0.717) is 23.4 Å². The molecule has 0 aromatic heterocycles. The fourth-order valence-corrected chi connectivity index (χ4v) is 3.47. The number of amides is 1. The average molecular weight is 461 g/mol. The molecule has 176 valence electrons. The number of nitrogens with one attached hydrogen (secondary N) is 3. The lowest BCUT2D eigenvalue weighted by molar-refractivity contribution is -0.122. The van der Waals surface area contributed by atoms with Crippen LogP contribution in [-0.4, -0.2) is 41.9 Å². The van der Waals surface area contributed by atoms with Gasteiger partial charge in [0.05, 0.1) is 6.42 Å². The smallest absolute Gasteiger partial charge is 0.224 e. The zero-order chi connectivity index (χ0) is 24.8. The molecule has 0 radical (unpaired) electrons. The highest BCUT2D eigenvalue weighted by atomic mass is 16.2. The first-order chi connectivity index (χ1) is 16.2. The van der Waals surface area contributed by atoms with Crippen LogP contribution in [-0.2, 0) is 20.9 Å². The Hall–Kier alpha value is -4.24. The van der Waals surface area contributed by atoms with Crippen LogP contribution in [0.2, 0.25) is 0 Å². The summed E-state index contributed by atoms with van der Waals surface area (Å²) in [6, 6.07) is 13.6. The summed E-state index contributed by atoms with van der Waals surface area (Å²) in [5.41, 5.74) is 17.0. The Labute approximate surface area is 198 Å². The van der Waals surface area contributed by atoms with Gasteiger partial charge in [-0.3, -0.25) is 19.8 Å². The van der Waals surface area contributed by atoms with Gasteiger partial charge in [-0.25, -0.2) is 5.01 Å². The van der Waals surface area contributed by atoms with Crippen LogP contribution in [0.15, 0.2) is 65.9 Å². The van der Waals surface area contributed by atoms with Crippen molar-refractivity contribution < 1.29 is 14.4 Å². The molecule has 1 amide bonds. The molecule has 9 nitrogen and oxygen atoms in total. The fraction of sp³-hybridized carbons (Fsp3) is 0.200. The topological polar surface area (TPSA) is 154 Å². The van der Waals surface area contributed by atoms with Crippen molar-refractivity contribution in [3.8, 4) is 0 Å². The van der Waals surface area contributed by atoms with Crippen molar-refractivity contribution in [3.05, 3.63) is 82.6 Å². The van der Waals surface area contributed by atoms with E-state index in [1.54, 1.807) is 60.6 Å². The lowest BCUT2D eigenvalue weighted by Crippen LogP contribution is -2.39. The predicted molar refractivity (Wildman–Crippen MR) is 131 cm³/mol. The predicted octanol–water partition coefficient (Wildman–Crippen LogP) is 1.50. The molecule has 0 saturated carbocycles. The highest BCUT2D eigenvalue weighted by Crippen LogP contribution is 2.30. The summed E-state index contributed by atoms with van der Waals surface area (Å²) >= 11 is 0. The minimum absolute atomic E-state index is 0.0386. The Morgan fingerprint density at radius 2 is 1.82 bits per heavy atom. The third-order valence-electron chi connectivity index (χ3n) is 5.40. The largest absolute Gasteiger partial charge is 0.399 e. The maximum atomic E-state index is 13.3. The van der Waals surface area contributed by atoms with Crippen molar-refractivity contribution in [1.29, 1.82) is 5.41 Å². The van der Waals surface area contributed by atoms with Gasteiger partial charge >= 0.3 is 0 Å². The first kappa shape index (κ1) is 24.4. The number of hydrogen-bond acceptors (Lipinski definition) is 7. The van der Waals surface area contributed by atoms with Gasteiger partial charge in [0.1, 0.15) is 11.5 Å². The number of ketones is 2. The Morgan fingerprint density at radius 3 is 2.44 bits per heavy atom.